The lowest BCUT2D eigenvalue weighted by Gasteiger charge is -2.12. The van der Waals surface area contributed by atoms with Crippen molar-refractivity contribution in [1.29, 1.82) is 0 Å². The van der Waals surface area contributed by atoms with E-state index in [1.54, 1.807) is 7.11 Å². The first kappa shape index (κ1) is 19.1. The predicted octanol–water partition coefficient (Wildman–Crippen LogP) is 4.16. The van der Waals surface area contributed by atoms with Crippen molar-refractivity contribution in [3.63, 3.8) is 0 Å². The van der Waals surface area contributed by atoms with Crippen LogP contribution in [-0.4, -0.2) is 41.1 Å². The third kappa shape index (κ3) is 4.88. The lowest BCUT2D eigenvalue weighted by molar-refractivity contribution is -0.142. The maximum atomic E-state index is 12.1. The molecule has 0 radical (unpaired) electrons. The largest absolute Gasteiger partial charge is 0.465 e. The van der Waals surface area contributed by atoms with Crippen molar-refractivity contribution in [3.05, 3.63) is 23.2 Å². The van der Waals surface area contributed by atoms with E-state index in [1.807, 2.05) is 25.1 Å². The van der Waals surface area contributed by atoms with Crippen LogP contribution >= 0.6 is 23.4 Å². The van der Waals surface area contributed by atoms with Crippen molar-refractivity contribution in [2.75, 3.05) is 20.3 Å². The zero-order valence-corrected chi connectivity index (χ0v) is 15.8. The molecular formula is C17H23ClN2O3S. The summed E-state index contributed by atoms with van der Waals surface area (Å²) in [6.45, 7) is 5.60. The molecule has 0 amide bonds. The molecule has 0 bridgehead atoms. The Morgan fingerprint density at radius 2 is 2.21 bits per heavy atom. The van der Waals surface area contributed by atoms with Crippen LogP contribution in [0.25, 0.3) is 11.0 Å². The number of esters is 1. The van der Waals surface area contributed by atoms with Gasteiger partial charge in [0.1, 0.15) is 5.25 Å². The van der Waals surface area contributed by atoms with Crippen LogP contribution in [0, 0.1) is 0 Å². The molecule has 0 spiro atoms. The maximum absolute atomic E-state index is 12.1. The van der Waals surface area contributed by atoms with Crippen LogP contribution in [0.5, 0.6) is 0 Å². The van der Waals surface area contributed by atoms with Crippen LogP contribution in [0.15, 0.2) is 23.4 Å². The molecule has 0 saturated carbocycles. The monoisotopic (exact) mass is 370 g/mol. The van der Waals surface area contributed by atoms with Crippen LogP contribution in [0.3, 0.4) is 0 Å². The fourth-order valence-electron chi connectivity index (χ4n) is 2.21. The Labute approximate surface area is 151 Å². The lowest BCUT2D eigenvalue weighted by Crippen LogP contribution is -2.18. The number of rotatable bonds is 9. The van der Waals surface area contributed by atoms with E-state index in [2.05, 4.69) is 16.5 Å². The Morgan fingerprint density at radius 3 is 2.92 bits per heavy atom. The molecule has 1 aromatic carbocycles. The van der Waals surface area contributed by atoms with Crippen LogP contribution in [-0.2, 0) is 20.8 Å². The molecule has 5 nitrogen and oxygen atoms in total. The number of fused-ring (bicyclic) bond motifs is 1. The first-order valence-corrected chi connectivity index (χ1v) is 9.30. The summed E-state index contributed by atoms with van der Waals surface area (Å²) in [5.41, 5.74) is 1.79. The molecule has 0 saturated heterocycles. The first-order chi connectivity index (χ1) is 11.6. The molecule has 0 aliphatic rings. The number of benzene rings is 1. The van der Waals surface area contributed by atoms with Crippen molar-refractivity contribution in [2.45, 2.75) is 43.6 Å². The van der Waals surface area contributed by atoms with Gasteiger partial charge >= 0.3 is 5.97 Å². The first-order valence-electron chi connectivity index (χ1n) is 8.04. The second-order valence-corrected chi connectivity index (χ2v) is 7.20. The van der Waals surface area contributed by atoms with Gasteiger partial charge in [-0.3, -0.25) is 4.79 Å². The molecular weight excluding hydrogens is 348 g/mol. The average Bonchev–Trinajstić information content (AvgIpc) is 2.89. The van der Waals surface area contributed by atoms with Gasteiger partial charge in [-0.05, 0) is 31.5 Å². The summed E-state index contributed by atoms with van der Waals surface area (Å²) in [6.07, 6.45) is 1.89. The zero-order chi connectivity index (χ0) is 17.5. The van der Waals surface area contributed by atoms with Crippen LogP contribution in [0.2, 0.25) is 5.02 Å². The van der Waals surface area contributed by atoms with E-state index in [0.29, 0.717) is 24.8 Å². The summed E-state index contributed by atoms with van der Waals surface area (Å²) < 4.78 is 12.5. The summed E-state index contributed by atoms with van der Waals surface area (Å²) in [5.74, 6) is -0.211. The fourth-order valence-corrected chi connectivity index (χ4v) is 3.32. The smallest absolute Gasteiger partial charge is 0.319 e. The predicted molar refractivity (Wildman–Crippen MR) is 97.8 cm³/mol. The van der Waals surface area contributed by atoms with E-state index in [9.17, 15) is 4.79 Å². The molecule has 24 heavy (non-hydrogen) atoms. The van der Waals surface area contributed by atoms with Crippen LogP contribution in [0.1, 0.15) is 26.7 Å². The van der Waals surface area contributed by atoms with Crippen molar-refractivity contribution >= 4 is 40.4 Å². The molecule has 1 atom stereocenters. The highest BCUT2D eigenvalue weighted by Crippen LogP contribution is 2.29. The summed E-state index contributed by atoms with van der Waals surface area (Å²) in [4.78, 5) is 16.7. The Bertz CT molecular complexity index is 690. The summed E-state index contributed by atoms with van der Waals surface area (Å²) in [5, 5.41) is 1.09. The molecule has 132 valence electrons. The summed E-state index contributed by atoms with van der Waals surface area (Å²) in [6, 6.07) is 5.61. The number of methoxy groups -OCH3 is 1. The van der Waals surface area contributed by atoms with Gasteiger partial charge in [0, 0.05) is 18.7 Å². The number of halogens is 1. The van der Waals surface area contributed by atoms with Gasteiger partial charge in [0.2, 0.25) is 0 Å². The summed E-state index contributed by atoms with van der Waals surface area (Å²) in [7, 11) is 1.66. The Balaban J connectivity index is 2.18. The second kappa shape index (κ2) is 9.30. The van der Waals surface area contributed by atoms with Crippen molar-refractivity contribution in [3.8, 4) is 0 Å². The molecule has 1 aromatic heterocycles. The quantitative estimate of drug-likeness (QED) is 0.377. The number of hydrogen-bond donors (Lipinski definition) is 0. The normalized spacial score (nSPS) is 12.5. The molecule has 1 heterocycles. The van der Waals surface area contributed by atoms with Gasteiger partial charge in [0.25, 0.3) is 0 Å². The van der Waals surface area contributed by atoms with Gasteiger partial charge in [0.05, 0.1) is 24.2 Å². The molecule has 1 unspecified atom stereocenters. The van der Waals surface area contributed by atoms with E-state index in [1.165, 1.54) is 11.8 Å². The van der Waals surface area contributed by atoms with E-state index in [-0.39, 0.29) is 11.2 Å². The molecule has 0 aliphatic carbocycles. The number of imidazole rings is 1. The lowest BCUT2D eigenvalue weighted by atomic mass is 10.3. The van der Waals surface area contributed by atoms with Crippen molar-refractivity contribution < 1.29 is 14.3 Å². The number of carbonyl (C=O) groups is 1. The highest BCUT2D eigenvalue weighted by Gasteiger charge is 2.20. The topological polar surface area (TPSA) is 53.3 Å². The number of thioether (sulfide) groups is 1. The Hall–Kier alpha value is -1.24. The number of unbranched alkanes of at least 4 members (excludes halogenated alkanes) is 1. The molecule has 0 fully saturated rings. The Morgan fingerprint density at radius 1 is 1.42 bits per heavy atom. The standard InChI is InChI=1S/C17H23ClN2O3S/c1-4-5-9-23-16(21)12(2)24-17-19-14-11-13(18)6-7-15(14)20(17)8-10-22-3/h6-7,11-12H,4-5,8-10H2,1-3H3. The number of ether oxygens (including phenoxy) is 2. The minimum atomic E-state index is -0.324. The number of carbonyl (C=O) groups excluding carboxylic acids is 1. The Kier molecular flexibility index (Phi) is 7.40. The molecule has 0 aliphatic heterocycles. The van der Waals surface area contributed by atoms with Gasteiger partial charge in [-0.25, -0.2) is 4.98 Å². The minimum Gasteiger partial charge on any atom is -0.465 e. The summed E-state index contributed by atoms with van der Waals surface area (Å²) >= 11 is 7.45. The fraction of sp³-hybridized carbons (Fsp3) is 0.529. The maximum Gasteiger partial charge on any atom is 0.319 e. The SMILES string of the molecule is CCCCOC(=O)C(C)Sc1nc2cc(Cl)ccc2n1CCOC. The average molecular weight is 371 g/mol. The van der Waals surface area contributed by atoms with Crippen molar-refractivity contribution in [1.82, 2.24) is 9.55 Å². The van der Waals surface area contributed by atoms with Gasteiger partial charge in [-0.2, -0.15) is 0 Å². The van der Waals surface area contributed by atoms with Gasteiger partial charge in [0.15, 0.2) is 5.16 Å². The molecule has 2 rings (SSSR count). The van der Waals surface area contributed by atoms with E-state index < -0.39 is 0 Å². The van der Waals surface area contributed by atoms with Gasteiger partial charge in [-0.15, -0.1) is 0 Å². The highest BCUT2D eigenvalue weighted by molar-refractivity contribution is 8.00. The van der Waals surface area contributed by atoms with Gasteiger partial charge in [-0.1, -0.05) is 36.7 Å². The molecule has 0 N–H and O–H groups in total. The third-order valence-corrected chi connectivity index (χ3v) is 4.85. The third-order valence-electron chi connectivity index (χ3n) is 3.55. The molecule has 2 aromatic rings. The van der Waals surface area contributed by atoms with E-state index in [4.69, 9.17) is 21.1 Å². The zero-order valence-electron chi connectivity index (χ0n) is 14.3. The minimum absolute atomic E-state index is 0.211. The van der Waals surface area contributed by atoms with Crippen LogP contribution < -0.4 is 0 Å². The molecule has 7 heteroatoms. The van der Waals surface area contributed by atoms with Crippen LogP contribution in [0.4, 0.5) is 0 Å². The van der Waals surface area contributed by atoms with E-state index in [0.717, 1.165) is 29.0 Å². The number of hydrogen-bond acceptors (Lipinski definition) is 5. The van der Waals surface area contributed by atoms with E-state index >= 15 is 0 Å². The van der Waals surface area contributed by atoms with Crippen molar-refractivity contribution in [2.24, 2.45) is 0 Å². The highest BCUT2D eigenvalue weighted by atomic mass is 35.5. The second-order valence-electron chi connectivity index (χ2n) is 5.45. The van der Waals surface area contributed by atoms with Gasteiger partial charge < -0.3 is 14.0 Å². The number of nitrogens with zero attached hydrogens (tertiary/aromatic N) is 2. The number of aromatic nitrogens is 2.